The predicted octanol–water partition coefficient (Wildman–Crippen LogP) is 1.32. The molecule has 1 amide bonds. The molecule has 1 aliphatic heterocycles. The van der Waals surface area contributed by atoms with Gasteiger partial charge in [0.15, 0.2) is 9.84 Å². The second-order valence-electron chi connectivity index (χ2n) is 5.44. The SMILES string of the molecule is CC1CC(CN)CN1C(=O)c1ccc(S(C)(=O)=O)cc1.Cl. The maximum Gasteiger partial charge on any atom is 0.254 e. The predicted molar refractivity (Wildman–Crippen MR) is 84.5 cm³/mol. The van der Waals surface area contributed by atoms with Gasteiger partial charge in [0, 0.05) is 24.4 Å². The molecule has 1 saturated heterocycles. The van der Waals surface area contributed by atoms with E-state index in [4.69, 9.17) is 5.73 Å². The zero-order chi connectivity index (χ0) is 14.9. The topological polar surface area (TPSA) is 80.5 Å². The molecule has 2 atom stereocenters. The van der Waals surface area contributed by atoms with Crippen molar-refractivity contribution in [3.63, 3.8) is 0 Å². The summed E-state index contributed by atoms with van der Waals surface area (Å²) in [6.45, 7) is 3.27. The lowest BCUT2D eigenvalue weighted by Crippen LogP contribution is -2.34. The Hall–Kier alpha value is -1.11. The molecule has 118 valence electrons. The Morgan fingerprint density at radius 1 is 1.33 bits per heavy atom. The summed E-state index contributed by atoms with van der Waals surface area (Å²) in [7, 11) is -3.23. The first kappa shape index (κ1) is 17.9. The molecule has 1 aromatic rings. The first-order valence-corrected chi connectivity index (χ1v) is 8.53. The molecule has 0 bridgehead atoms. The number of hydrogen-bond acceptors (Lipinski definition) is 4. The Balaban J connectivity index is 0.00000220. The highest BCUT2D eigenvalue weighted by Gasteiger charge is 2.32. The maximum atomic E-state index is 12.4. The first-order chi connectivity index (χ1) is 9.32. The average molecular weight is 333 g/mol. The van der Waals surface area contributed by atoms with Crippen LogP contribution in [0.3, 0.4) is 0 Å². The third-order valence-corrected chi connectivity index (χ3v) is 4.91. The van der Waals surface area contributed by atoms with Crippen molar-refractivity contribution in [2.75, 3.05) is 19.3 Å². The fourth-order valence-electron chi connectivity index (χ4n) is 2.61. The van der Waals surface area contributed by atoms with Crippen LogP contribution < -0.4 is 5.73 Å². The average Bonchev–Trinajstić information content (AvgIpc) is 2.78. The fourth-order valence-corrected chi connectivity index (χ4v) is 3.24. The van der Waals surface area contributed by atoms with Crippen LogP contribution in [0.5, 0.6) is 0 Å². The molecule has 0 aromatic heterocycles. The van der Waals surface area contributed by atoms with E-state index in [1.54, 1.807) is 12.1 Å². The van der Waals surface area contributed by atoms with Crippen LogP contribution in [0.1, 0.15) is 23.7 Å². The minimum Gasteiger partial charge on any atom is -0.336 e. The van der Waals surface area contributed by atoms with Gasteiger partial charge in [-0.1, -0.05) is 0 Å². The second-order valence-corrected chi connectivity index (χ2v) is 7.46. The summed E-state index contributed by atoms with van der Waals surface area (Å²) in [5, 5.41) is 0. The number of amides is 1. The summed E-state index contributed by atoms with van der Waals surface area (Å²) in [4.78, 5) is 14.5. The molecule has 0 aliphatic carbocycles. The van der Waals surface area contributed by atoms with E-state index in [-0.39, 0.29) is 29.3 Å². The quantitative estimate of drug-likeness (QED) is 0.905. The minimum atomic E-state index is -3.23. The monoisotopic (exact) mass is 332 g/mol. The van der Waals surface area contributed by atoms with Gasteiger partial charge in [-0.25, -0.2) is 8.42 Å². The van der Waals surface area contributed by atoms with Crippen LogP contribution in [-0.2, 0) is 9.84 Å². The number of halogens is 1. The number of benzene rings is 1. The molecule has 0 spiro atoms. The van der Waals surface area contributed by atoms with Gasteiger partial charge in [0.1, 0.15) is 0 Å². The van der Waals surface area contributed by atoms with Gasteiger partial charge in [0.2, 0.25) is 0 Å². The Morgan fingerprint density at radius 2 is 1.90 bits per heavy atom. The molecule has 1 aliphatic rings. The van der Waals surface area contributed by atoms with Crippen molar-refractivity contribution in [3.8, 4) is 0 Å². The third kappa shape index (κ3) is 3.96. The summed E-state index contributed by atoms with van der Waals surface area (Å²) >= 11 is 0. The first-order valence-electron chi connectivity index (χ1n) is 6.64. The van der Waals surface area contributed by atoms with Crippen molar-refractivity contribution in [2.24, 2.45) is 11.7 Å². The smallest absolute Gasteiger partial charge is 0.254 e. The van der Waals surface area contributed by atoms with Gasteiger partial charge in [0.25, 0.3) is 5.91 Å². The van der Waals surface area contributed by atoms with Crippen LogP contribution >= 0.6 is 12.4 Å². The highest BCUT2D eigenvalue weighted by atomic mass is 35.5. The molecular formula is C14H21ClN2O3S. The molecular weight excluding hydrogens is 312 g/mol. The van der Waals surface area contributed by atoms with Gasteiger partial charge in [-0.3, -0.25) is 4.79 Å². The van der Waals surface area contributed by atoms with E-state index in [0.717, 1.165) is 12.7 Å². The molecule has 1 aromatic carbocycles. The zero-order valence-electron chi connectivity index (χ0n) is 12.2. The van der Waals surface area contributed by atoms with Crippen molar-refractivity contribution in [2.45, 2.75) is 24.3 Å². The van der Waals surface area contributed by atoms with E-state index < -0.39 is 9.84 Å². The Morgan fingerprint density at radius 3 is 2.33 bits per heavy atom. The van der Waals surface area contributed by atoms with E-state index in [1.165, 1.54) is 12.1 Å². The highest BCUT2D eigenvalue weighted by Crippen LogP contribution is 2.24. The van der Waals surface area contributed by atoms with Gasteiger partial charge >= 0.3 is 0 Å². The minimum absolute atomic E-state index is 0. The molecule has 1 heterocycles. The summed E-state index contributed by atoms with van der Waals surface area (Å²) < 4.78 is 22.8. The van der Waals surface area contributed by atoms with Gasteiger partial charge in [-0.2, -0.15) is 0 Å². The summed E-state index contributed by atoms with van der Waals surface area (Å²) in [5.74, 6) is 0.290. The molecule has 2 unspecified atom stereocenters. The number of nitrogens with two attached hydrogens (primary N) is 1. The maximum absolute atomic E-state index is 12.4. The van der Waals surface area contributed by atoms with Crippen molar-refractivity contribution >= 4 is 28.2 Å². The normalized spacial score (nSPS) is 22.0. The third-order valence-electron chi connectivity index (χ3n) is 3.79. The van der Waals surface area contributed by atoms with Crippen molar-refractivity contribution in [1.82, 2.24) is 4.90 Å². The highest BCUT2D eigenvalue weighted by molar-refractivity contribution is 7.90. The molecule has 0 saturated carbocycles. The van der Waals surface area contributed by atoms with E-state index in [9.17, 15) is 13.2 Å². The van der Waals surface area contributed by atoms with E-state index >= 15 is 0 Å². The Bertz CT molecular complexity index is 601. The molecule has 1 fully saturated rings. The van der Waals surface area contributed by atoms with E-state index in [1.807, 2.05) is 11.8 Å². The van der Waals surface area contributed by atoms with Gasteiger partial charge < -0.3 is 10.6 Å². The molecule has 2 N–H and O–H groups in total. The lowest BCUT2D eigenvalue weighted by molar-refractivity contribution is 0.0743. The van der Waals surface area contributed by atoms with Crippen LogP contribution in [0.25, 0.3) is 0 Å². The van der Waals surface area contributed by atoms with Crippen molar-refractivity contribution in [1.29, 1.82) is 0 Å². The Labute approximate surface area is 131 Å². The van der Waals surface area contributed by atoms with Crippen LogP contribution in [0, 0.1) is 5.92 Å². The molecule has 5 nitrogen and oxygen atoms in total. The van der Waals surface area contributed by atoms with E-state index in [2.05, 4.69) is 0 Å². The van der Waals surface area contributed by atoms with Gasteiger partial charge in [0.05, 0.1) is 4.90 Å². The number of nitrogens with zero attached hydrogens (tertiary/aromatic N) is 1. The largest absolute Gasteiger partial charge is 0.336 e. The van der Waals surface area contributed by atoms with E-state index in [0.29, 0.717) is 24.6 Å². The van der Waals surface area contributed by atoms with Crippen LogP contribution in [0.2, 0.25) is 0 Å². The molecule has 7 heteroatoms. The summed E-state index contributed by atoms with van der Waals surface area (Å²) in [5.41, 5.74) is 6.18. The standard InChI is InChI=1S/C14H20N2O3S.ClH/c1-10-7-11(8-15)9-16(10)14(17)12-3-5-13(6-4-12)20(2,18)19;/h3-6,10-11H,7-9,15H2,1-2H3;1H. The Kier molecular flexibility index (Phi) is 5.78. The lowest BCUT2D eigenvalue weighted by atomic mass is 10.1. The number of carbonyl (C=O) groups excluding carboxylic acids is 1. The number of carbonyl (C=O) groups is 1. The molecule has 21 heavy (non-hydrogen) atoms. The number of sulfone groups is 1. The lowest BCUT2D eigenvalue weighted by Gasteiger charge is -2.21. The second kappa shape index (κ2) is 6.77. The van der Waals surface area contributed by atoms with Crippen molar-refractivity contribution in [3.05, 3.63) is 29.8 Å². The van der Waals surface area contributed by atoms with Gasteiger partial charge in [-0.05, 0) is 50.1 Å². The summed E-state index contributed by atoms with van der Waals surface area (Å²) in [6.07, 6.45) is 2.07. The van der Waals surface area contributed by atoms with Crippen molar-refractivity contribution < 1.29 is 13.2 Å². The number of likely N-dealkylation sites (tertiary alicyclic amines) is 1. The summed E-state index contributed by atoms with van der Waals surface area (Å²) in [6, 6.07) is 6.26. The number of rotatable bonds is 3. The molecule has 0 radical (unpaired) electrons. The fraction of sp³-hybridized carbons (Fsp3) is 0.500. The number of hydrogen-bond donors (Lipinski definition) is 1. The molecule has 2 rings (SSSR count). The van der Waals surface area contributed by atoms with Gasteiger partial charge in [-0.15, -0.1) is 12.4 Å². The van der Waals surface area contributed by atoms with Crippen LogP contribution in [0.15, 0.2) is 29.2 Å². The van der Waals surface area contributed by atoms with Crippen LogP contribution in [-0.4, -0.2) is 44.6 Å². The zero-order valence-corrected chi connectivity index (χ0v) is 13.8. The van der Waals surface area contributed by atoms with Crippen LogP contribution in [0.4, 0.5) is 0 Å².